The van der Waals surface area contributed by atoms with Crippen molar-refractivity contribution < 1.29 is 8.91 Å². The predicted octanol–water partition coefficient (Wildman–Crippen LogP) is 3.21. The topological polar surface area (TPSA) is 51.0 Å². The maximum Gasteiger partial charge on any atom is 0.262 e. The number of hydrogen-bond acceptors (Lipinski definition) is 4. The lowest BCUT2D eigenvalue weighted by Crippen LogP contribution is -2.24. The van der Waals surface area contributed by atoms with E-state index in [-0.39, 0.29) is 30.2 Å². The number of likely N-dealkylation sites (N-methyl/N-ethyl adjacent to an activating group) is 1. The lowest BCUT2D eigenvalue weighted by atomic mass is 10.2. The largest absolute Gasteiger partial charge is 0.334 e. The van der Waals surface area contributed by atoms with Crippen molar-refractivity contribution in [2.75, 3.05) is 7.05 Å². The molecule has 1 unspecified atom stereocenters. The maximum absolute atomic E-state index is 13.7. The van der Waals surface area contributed by atoms with Crippen molar-refractivity contribution in [2.24, 2.45) is 0 Å². The summed E-state index contributed by atoms with van der Waals surface area (Å²) in [6.45, 7) is 2.01. The zero-order valence-electron chi connectivity index (χ0n) is 10.5. The number of aromatic nitrogens is 2. The first-order valence-electron chi connectivity index (χ1n) is 5.56. The minimum Gasteiger partial charge on any atom is -0.334 e. The van der Waals surface area contributed by atoms with Gasteiger partial charge in [-0.15, -0.1) is 12.4 Å². The van der Waals surface area contributed by atoms with E-state index in [1.165, 1.54) is 6.07 Å². The molecular formula is C12H14BrClFN3O. The average molecular weight is 351 g/mol. The summed E-state index contributed by atoms with van der Waals surface area (Å²) >= 11 is 3.28. The maximum atomic E-state index is 13.7. The molecule has 19 heavy (non-hydrogen) atoms. The first kappa shape index (κ1) is 16.1. The van der Waals surface area contributed by atoms with Gasteiger partial charge in [0.25, 0.3) is 5.89 Å². The first-order chi connectivity index (χ1) is 8.61. The van der Waals surface area contributed by atoms with Gasteiger partial charge in [-0.1, -0.05) is 11.2 Å². The summed E-state index contributed by atoms with van der Waals surface area (Å²) in [6, 6.07) is 4.95. The van der Waals surface area contributed by atoms with Crippen LogP contribution in [0.2, 0.25) is 0 Å². The molecule has 0 radical (unpaired) electrons. The van der Waals surface area contributed by atoms with Crippen molar-refractivity contribution in [1.29, 1.82) is 0 Å². The summed E-state index contributed by atoms with van der Waals surface area (Å²) in [5, 5.41) is 6.93. The molecule has 0 aliphatic rings. The predicted molar refractivity (Wildman–Crippen MR) is 76.9 cm³/mol. The van der Waals surface area contributed by atoms with Gasteiger partial charge in [-0.05, 0) is 42.0 Å². The van der Waals surface area contributed by atoms with Gasteiger partial charge in [-0.25, -0.2) is 4.39 Å². The van der Waals surface area contributed by atoms with Gasteiger partial charge in [0.05, 0.1) is 5.56 Å². The number of benzene rings is 1. The number of nitrogens with zero attached hydrogens (tertiary/aromatic N) is 2. The molecule has 1 N–H and O–H groups in total. The summed E-state index contributed by atoms with van der Waals surface area (Å²) in [5.41, 5.74) is 0.299. The summed E-state index contributed by atoms with van der Waals surface area (Å²) in [7, 11) is 1.86. The van der Waals surface area contributed by atoms with E-state index in [2.05, 4.69) is 31.4 Å². The quantitative estimate of drug-likeness (QED) is 0.920. The summed E-state index contributed by atoms with van der Waals surface area (Å²) in [5.74, 6) is 0.363. The molecule has 0 fully saturated rings. The highest BCUT2D eigenvalue weighted by atomic mass is 79.9. The van der Waals surface area contributed by atoms with Crippen LogP contribution in [0, 0.1) is 5.82 Å². The zero-order valence-corrected chi connectivity index (χ0v) is 12.9. The van der Waals surface area contributed by atoms with Crippen molar-refractivity contribution in [3.8, 4) is 11.5 Å². The Bertz CT molecular complexity index is 529. The van der Waals surface area contributed by atoms with E-state index in [0.717, 1.165) is 0 Å². The van der Waals surface area contributed by atoms with Gasteiger partial charge in [0.15, 0.2) is 5.82 Å². The monoisotopic (exact) mass is 349 g/mol. The molecule has 0 aliphatic carbocycles. The van der Waals surface area contributed by atoms with Crippen LogP contribution in [0.1, 0.15) is 12.7 Å². The molecule has 0 saturated carbocycles. The Morgan fingerprint density at radius 2 is 2.21 bits per heavy atom. The molecular weight excluding hydrogens is 337 g/mol. The molecule has 0 bridgehead atoms. The van der Waals surface area contributed by atoms with Gasteiger partial charge < -0.3 is 9.84 Å². The number of hydrogen-bond donors (Lipinski definition) is 1. The van der Waals surface area contributed by atoms with Gasteiger partial charge in [0, 0.05) is 16.9 Å². The summed E-state index contributed by atoms with van der Waals surface area (Å²) in [4.78, 5) is 4.20. The Morgan fingerprint density at radius 1 is 1.47 bits per heavy atom. The third-order valence-electron chi connectivity index (χ3n) is 2.63. The molecule has 104 valence electrons. The lowest BCUT2D eigenvalue weighted by Gasteiger charge is -2.04. The second-order valence-corrected chi connectivity index (χ2v) is 4.86. The summed E-state index contributed by atoms with van der Waals surface area (Å²) in [6.07, 6.45) is 0.631. The first-order valence-corrected chi connectivity index (χ1v) is 6.35. The molecule has 0 aliphatic heterocycles. The normalized spacial score (nSPS) is 12.0. The van der Waals surface area contributed by atoms with E-state index in [0.29, 0.717) is 22.3 Å². The highest BCUT2D eigenvalue weighted by Gasteiger charge is 2.17. The lowest BCUT2D eigenvalue weighted by molar-refractivity contribution is 0.416. The van der Waals surface area contributed by atoms with Crippen LogP contribution in [0.3, 0.4) is 0 Å². The van der Waals surface area contributed by atoms with Crippen LogP contribution >= 0.6 is 28.3 Å². The van der Waals surface area contributed by atoms with Gasteiger partial charge in [-0.2, -0.15) is 4.98 Å². The Kier molecular flexibility index (Phi) is 5.90. The zero-order chi connectivity index (χ0) is 13.1. The van der Waals surface area contributed by atoms with Crippen molar-refractivity contribution in [3.63, 3.8) is 0 Å². The van der Waals surface area contributed by atoms with Crippen molar-refractivity contribution in [2.45, 2.75) is 19.4 Å². The fraction of sp³-hybridized carbons (Fsp3) is 0.333. The number of rotatable bonds is 4. The van der Waals surface area contributed by atoms with Crippen LogP contribution in [0.15, 0.2) is 27.2 Å². The van der Waals surface area contributed by atoms with Crippen molar-refractivity contribution in [1.82, 2.24) is 15.5 Å². The van der Waals surface area contributed by atoms with Gasteiger partial charge in [0.1, 0.15) is 5.82 Å². The molecule has 2 aromatic rings. The Hall–Kier alpha value is -0.980. The molecule has 0 amide bonds. The fourth-order valence-electron chi connectivity index (χ4n) is 1.52. The number of halogens is 3. The Balaban J connectivity index is 0.00000180. The van der Waals surface area contributed by atoms with E-state index in [4.69, 9.17) is 4.52 Å². The Morgan fingerprint density at radius 3 is 2.84 bits per heavy atom. The van der Waals surface area contributed by atoms with Crippen LogP contribution in [0.4, 0.5) is 4.39 Å². The Labute approximate surface area is 125 Å². The van der Waals surface area contributed by atoms with Gasteiger partial charge in [0.2, 0.25) is 0 Å². The third-order valence-corrected chi connectivity index (χ3v) is 3.29. The van der Waals surface area contributed by atoms with Gasteiger partial charge >= 0.3 is 0 Å². The molecule has 0 spiro atoms. The molecule has 4 nitrogen and oxygen atoms in total. The summed E-state index contributed by atoms with van der Waals surface area (Å²) < 4.78 is 19.4. The average Bonchev–Trinajstić information content (AvgIpc) is 2.77. The third kappa shape index (κ3) is 3.75. The minimum absolute atomic E-state index is 0. The molecule has 1 aromatic carbocycles. The van der Waals surface area contributed by atoms with Crippen LogP contribution in [0.25, 0.3) is 11.5 Å². The second kappa shape index (κ2) is 6.98. The van der Waals surface area contributed by atoms with E-state index >= 15 is 0 Å². The smallest absolute Gasteiger partial charge is 0.262 e. The molecule has 2 rings (SSSR count). The van der Waals surface area contributed by atoms with Crippen LogP contribution in [-0.2, 0) is 6.42 Å². The van der Waals surface area contributed by atoms with Crippen molar-refractivity contribution >= 4 is 28.3 Å². The van der Waals surface area contributed by atoms with E-state index in [1.54, 1.807) is 12.1 Å². The van der Waals surface area contributed by atoms with Crippen LogP contribution in [0.5, 0.6) is 0 Å². The fourth-order valence-corrected chi connectivity index (χ4v) is 2.03. The van der Waals surface area contributed by atoms with Crippen LogP contribution < -0.4 is 5.32 Å². The highest BCUT2D eigenvalue weighted by Crippen LogP contribution is 2.29. The van der Waals surface area contributed by atoms with Crippen molar-refractivity contribution in [3.05, 3.63) is 34.3 Å². The molecule has 7 heteroatoms. The molecule has 0 saturated heterocycles. The molecule has 1 atom stereocenters. The second-order valence-electron chi connectivity index (χ2n) is 4.01. The van der Waals surface area contributed by atoms with Gasteiger partial charge in [-0.3, -0.25) is 0 Å². The van der Waals surface area contributed by atoms with E-state index in [1.807, 2.05) is 14.0 Å². The molecule has 1 heterocycles. The van der Waals surface area contributed by atoms with E-state index in [9.17, 15) is 4.39 Å². The van der Waals surface area contributed by atoms with E-state index < -0.39 is 0 Å². The molecule has 1 aromatic heterocycles. The standard InChI is InChI=1S/C12H13BrFN3O.ClH/c1-7(15-2)6-10-16-12(18-17-10)11-8(13)4-3-5-9(11)14;/h3-5,7,15H,6H2,1-2H3;1H. The number of nitrogens with one attached hydrogen (secondary N) is 1. The SMILES string of the molecule is CNC(C)Cc1noc(-c2c(F)cccc2Br)n1.Cl. The highest BCUT2D eigenvalue weighted by molar-refractivity contribution is 9.10. The van der Waals surface area contributed by atoms with Crippen LogP contribution in [-0.4, -0.2) is 23.2 Å². The minimum atomic E-state index is -0.388.